The molecule has 0 unspecified atom stereocenters. The van der Waals surface area contributed by atoms with Crippen molar-refractivity contribution in [3.8, 4) is 5.75 Å². The van der Waals surface area contributed by atoms with Crippen molar-refractivity contribution in [3.05, 3.63) is 82.6 Å². The number of likely N-dealkylation sites (tertiary alicyclic amines) is 1. The number of piperidine rings is 1. The van der Waals surface area contributed by atoms with Crippen molar-refractivity contribution < 1.29 is 32.5 Å². The van der Waals surface area contributed by atoms with Crippen LogP contribution in [0.1, 0.15) is 56.7 Å². The number of aliphatic hydroxyl groups excluding tert-OH is 1. The van der Waals surface area contributed by atoms with Crippen LogP contribution >= 0.6 is 11.6 Å². The summed E-state index contributed by atoms with van der Waals surface area (Å²) in [5.74, 6) is 0.649. The van der Waals surface area contributed by atoms with Crippen LogP contribution in [0, 0.1) is 0 Å². The summed E-state index contributed by atoms with van der Waals surface area (Å²) in [4.78, 5) is 26.1. The maximum atomic E-state index is 13.7. The predicted octanol–water partition coefficient (Wildman–Crippen LogP) is 6.93. The van der Waals surface area contributed by atoms with E-state index in [2.05, 4.69) is 9.97 Å². The van der Waals surface area contributed by atoms with E-state index < -0.39 is 11.7 Å². The molecule has 0 aliphatic carbocycles. The molecule has 1 aliphatic heterocycles. The highest BCUT2D eigenvalue weighted by atomic mass is 35.5. The monoisotopic (exact) mass is 634 g/mol. The second kappa shape index (κ2) is 14.9. The van der Waals surface area contributed by atoms with Crippen LogP contribution in [0.25, 0.3) is 0 Å². The molecule has 2 heterocycles. The van der Waals surface area contributed by atoms with Crippen LogP contribution in [0.4, 0.5) is 23.9 Å². The van der Waals surface area contributed by atoms with Crippen molar-refractivity contribution in [2.75, 3.05) is 18.1 Å². The van der Waals surface area contributed by atoms with Crippen molar-refractivity contribution in [2.45, 2.75) is 83.4 Å². The van der Waals surface area contributed by atoms with Gasteiger partial charge in [-0.1, -0.05) is 48.9 Å². The van der Waals surface area contributed by atoms with E-state index in [-0.39, 0.29) is 55.1 Å². The van der Waals surface area contributed by atoms with Gasteiger partial charge in [0.05, 0.1) is 30.7 Å². The number of carbonyl (C=O) groups excluding carboxylic acids is 1. The number of benzene rings is 2. The maximum absolute atomic E-state index is 13.7. The molecule has 12 heteroatoms. The second-order valence-corrected chi connectivity index (χ2v) is 11.6. The lowest BCUT2D eigenvalue weighted by atomic mass is 9.86. The fourth-order valence-electron chi connectivity index (χ4n) is 5.66. The molecule has 1 aromatic heterocycles. The Morgan fingerprint density at radius 3 is 2.39 bits per heavy atom. The normalized spacial score (nSPS) is 18.8. The number of rotatable bonds is 11. The lowest BCUT2D eigenvalue weighted by molar-refractivity contribution is -0.137. The van der Waals surface area contributed by atoms with Crippen molar-refractivity contribution in [2.24, 2.45) is 0 Å². The van der Waals surface area contributed by atoms with Gasteiger partial charge in [-0.05, 0) is 68.9 Å². The third kappa shape index (κ3) is 8.75. The summed E-state index contributed by atoms with van der Waals surface area (Å²) in [7, 11) is 0. The fraction of sp³-hybridized carbons (Fsp3) is 0.469. The smallest absolute Gasteiger partial charge is 0.416 e. The van der Waals surface area contributed by atoms with Crippen molar-refractivity contribution >= 4 is 23.6 Å². The third-order valence-electron chi connectivity index (χ3n) is 7.52. The van der Waals surface area contributed by atoms with Crippen LogP contribution in [0.5, 0.6) is 5.75 Å². The van der Waals surface area contributed by atoms with Crippen molar-refractivity contribution in [1.29, 1.82) is 0 Å². The van der Waals surface area contributed by atoms with Gasteiger partial charge in [0.15, 0.2) is 5.75 Å². The highest BCUT2D eigenvalue weighted by Crippen LogP contribution is 2.36. The quantitative estimate of drug-likeness (QED) is 0.245. The number of alkyl halides is 3. The third-order valence-corrected chi connectivity index (χ3v) is 7.74. The highest BCUT2D eigenvalue weighted by molar-refractivity contribution is 6.30. The molecule has 238 valence electrons. The molecule has 44 heavy (non-hydrogen) atoms. The summed E-state index contributed by atoms with van der Waals surface area (Å²) in [6.45, 7) is 5.57. The first-order chi connectivity index (χ1) is 21.0. The molecule has 0 saturated carbocycles. The van der Waals surface area contributed by atoms with Gasteiger partial charge in [-0.15, -0.1) is 0 Å². The molecule has 0 radical (unpaired) electrons. The Morgan fingerprint density at radius 2 is 1.77 bits per heavy atom. The van der Waals surface area contributed by atoms with Crippen LogP contribution in [-0.2, 0) is 23.9 Å². The van der Waals surface area contributed by atoms with Crippen LogP contribution in [0.2, 0.25) is 5.02 Å². The number of amides is 1. The molecule has 4 rings (SSSR count). The van der Waals surface area contributed by atoms with E-state index in [0.29, 0.717) is 42.9 Å². The average Bonchev–Trinajstić information content (AvgIpc) is 2.98. The Bertz CT molecular complexity index is 1360. The Morgan fingerprint density at radius 1 is 1.09 bits per heavy atom. The molecule has 3 atom stereocenters. The van der Waals surface area contributed by atoms with Gasteiger partial charge in [0.1, 0.15) is 6.61 Å². The van der Waals surface area contributed by atoms with Crippen LogP contribution in [-0.4, -0.2) is 63.5 Å². The lowest BCUT2D eigenvalue weighted by Crippen LogP contribution is -2.58. The first-order valence-electron chi connectivity index (χ1n) is 14.7. The molecule has 1 amide bonds. The second-order valence-electron chi connectivity index (χ2n) is 11.1. The number of aliphatic hydroxyl groups is 1. The molecule has 3 aromatic rings. The molecule has 8 nitrogen and oxygen atoms in total. The first-order valence-corrected chi connectivity index (χ1v) is 15.1. The number of anilines is 1. The summed E-state index contributed by atoms with van der Waals surface area (Å²) in [6, 6.07) is 12.6. The van der Waals surface area contributed by atoms with E-state index in [0.717, 1.165) is 17.7 Å². The Labute approximate surface area is 260 Å². The molecular weight excluding hydrogens is 597 g/mol. The molecule has 2 aromatic carbocycles. The van der Waals surface area contributed by atoms with Crippen LogP contribution < -0.4 is 9.64 Å². The van der Waals surface area contributed by atoms with E-state index in [4.69, 9.17) is 26.2 Å². The lowest BCUT2D eigenvalue weighted by Gasteiger charge is -2.47. The van der Waals surface area contributed by atoms with Gasteiger partial charge in [0.25, 0.3) is 0 Å². The number of hydrogen-bond acceptors (Lipinski definition) is 7. The Kier molecular flexibility index (Phi) is 11.3. The van der Waals surface area contributed by atoms with Gasteiger partial charge >= 0.3 is 12.3 Å². The number of hydrogen-bond donors (Lipinski definition) is 1. The van der Waals surface area contributed by atoms with Crippen molar-refractivity contribution in [1.82, 2.24) is 14.9 Å². The zero-order valence-electron chi connectivity index (χ0n) is 25.0. The molecule has 1 saturated heterocycles. The minimum absolute atomic E-state index is 0.0249. The number of nitrogens with zero attached hydrogens (tertiary/aromatic N) is 4. The van der Waals surface area contributed by atoms with E-state index in [1.165, 1.54) is 18.5 Å². The first kappa shape index (κ1) is 33.3. The van der Waals surface area contributed by atoms with Gasteiger partial charge in [-0.25, -0.2) is 14.8 Å². The zero-order valence-corrected chi connectivity index (χ0v) is 25.8. The maximum Gasteiger partial charge on any atom is 0.416 e. The molecule has 1 N–H and O–H groups in total. The molecular formula is C32H38ClF3N4O4. The number of halogens is 4. The average molecular weight is 635 g/mol. The summed E-state index contributed by atoms with van der Waals surface area (Å²) in [5, 5.41) is 9.07. The van der Waals surface area contributed by atoms with Crippen LogP contribution in [0.15, 0.2) is 60.9 Å². The highest BCUT2D eigenvalue weighted by Gasteiger charge is 2.41. The Hall–Kier alpha value is -3.57. The molecule has 1 aliphatic rings. The number of aromatic nitrogens is 2. The molecule has 0 spiro atoms. The fourth-order valence-corrected chi connectivity index (χ4v) is 5.91. The summed E-state index contributed by atoms with van der Waals surface area (Å²) < 4.78 is 52.2. The minimum atomic E-state index is -4.57. The topological polar surface area (TPSA) is 88.0 Å². The van der Waals surface area contributed by atoms with Crippen LogP contribution in [0.3, 0.4) is 0 Å². The van der Waals surface area contributed by atoms with Gasteiger partial charge in [-0.2, -0.15) is 13.2 Å². The Balaban J connectivity index is 1.74. The minimum Gasteiger partial charge on any atom is -0.488 e. The largest absolute Gasteiger partial charge is 0.488 e. The zero-order chi connectivity index (χ0) is 31.9. The summed E-state index contributed by atoms with van der Waals surface area (Å²) in [6.07, 6.45) is -0.0721. The van der Waals surface area contributed by atoms with Crippen molar-refractivity contribution in [3.63, 3.8) is 0 Å². The standard InChI is InChI=1S/C32H38ClF3N4O4/c1-4-26-16-27(17-28(14-22-8-6-5-7-9-22)40(26)31(42)44-21(2)3)39(30-37-18-29(19-38-30)43-11-10-41)20-23-12-24(32(34,35)36)15-25(33)13-23/h5-9,12-13,15,18-19,21,26-28,41H,4,10-11,14,16-17,20H2,1-3H3/t26-,27+,28+/m1/s1. The van der Waals surface area contributed by atoms with Gasteiger partial charge in [-0.3, -0.25) is 0 Å². The van der Waals surface area contributed by atoms with E-state index in [1.807, 2.05) is 60.9 Å². The number of carbonyl (C=O) groups is 1. The molecule has 1 fully saturated rings. The predicted molar refractivity (Wildman–Crippen MR) is 162 cm³/mol. The van der Waals surface area contributed by atoms with Gasteiger partial charge in [0, 0.05) is 29.7 Å². The van der Waals surface area contributed by atoms with E-state index >= 15 is 0 Å². The van der Waals surface area contributed by atoms with E-state index in [9.17, 15) is 18.0 Å². The van der Waals surface area contributed by atoms with E-state index in [1.54, 1.807) is 0 Å². The number of ether oxygens (including phenoxy) is 2. The van der Waals surface area contributed by atoms with Gasteiger partial charge in [0.2, 0.25) is 5.95 Å². The molecule has 0 bridgehead atoms. The summed E-state index contributed by atoms with van der Waals surface area (Å²) in [5.41, 5.74) is 0.560. The van der Waals surface area contributed by atoms with Gasteiger partial charge < -0.3 is 24.4 Å². The SMILES string of the molecule is CC[C@@H]1C[C@H](N(Cc2cc(Cl)cc(C(F)(F)F)c2)c2ncc(OCCO)cn2)C[C@H](Cc2ccccc2)N1C(=O)OC(C)C. The summed E-state index contributed by atoms with van der Waals surface area (Å²) >= 11 is 6.15.